The van der Waals surface area contributed by atoms with Gasteiger partial charge in [-0.2, -0.15) is 0 Å². The van der Waals surface area contributed by atoms with E-state index < -0.39 is 77.8 Å². The number of carbonyl (C=O) groups excluding carboxylic acids is 5. The molecule has 1 saturated carbocycles. The van der Waals surface area contributed by atoms with Crippen LogP contribution < -0.4 is 0 Å². The van der Waals surface area contributed by atoms with Gasteiger partial charge in [-0.3, -0.25) is 19.2 Å². The quantitative estimate of drug-likeness (QED) is 0.0999. The second-order valence-electron chi connectivity index (χ2n) is 20.4. The first kappa shape index (κ1) is 58.2. The fourth-order valence-electron chi connectivity index (χ4n) is 10.6. The van der Waals surface area contributed by atoms with Crippen molar-refractivity contribution < 1.29 is 67.3 Å². The number of piperidine rings is 1. The van der Waals surface area contributed by atoms with Crippen molar-refractivity contribution in [3.8, 4) is 0 Å². The summed E-state index contributed by atoms with van der Waals surface area (Å²) in [6.07, 6.45) is 12.4. The lowest BCUT2D eigenvalue weighted by Gasteiger charge is -2.42. The molecule has 3 fully saturated rings. The Morgan fingerprint density at radius 2 is 1.57 bits per heavy atom. The summed E-state index contributed by atoms with van der Waals surface area (Å²) in [5.74, 6) is -7.83. The number of ether oxygens (including phenoxy) is 7. The molecule has 4 aliphatic rings. The highest BCUT2D eigenvalue weighted by Crippen LogP contribution is 2.38. The van der Waals surface area contributed by atoms with Gasteiger partial charge in [0.15, 0.2) is 5.78 Å². The molecule has 2 N–H and O–H groups in total. The summed E-state index contributed by atoms with van der Waals surface area (Å²) >= 11 is 0. The summed E-state index contributed by atoms with van der Waals surface area (Å²) < 4.78 is 41.1. The summed E-state index contributed by atoms with van der Waals surface area (Å²) in [7, 11) is 6.26. The average Bonchev–Trinajstić information content (AvgIpc) is 3.33. The van der Waals surface area contributed by atoms with Crippen LogP contribution in [0.2, 0.25) is 0 Å². The van der Waals surface area contributed by atoms with Crippen molar-refractivity contribution in [1.82, 2.24) is 4.90 Å². The topological polar surface area (TPSA) is 194 Å². The van der Waals surface area contributed by atoms with E-state index in [2.05, 4.69) is 0 Å². The molecule has 2 bridgehead atoms. The number of hydrogen-bond donors (Lipinski definition) is 2. The Bertz CT molecular complexity index is 1830. The summed E-state index contributed by atoms with van der Waals surface area (Å²) in [6.45, 7) is 13.8. The number of methoxy groups -OCH3 is 4. The van der Waals surface area contributed by atoms with Gasteiger partial charge >= 0.3 is 5.97 Å². The van der Waals surface area contributed by atoms with Crippen LogP contribution in [-0.4, -0.2) is 147 Å². The van der Waals surface area contributed by atoms with Gasteiger partial charge in [0.1, 0.15) is 30.1 Å². The lowest BCUT2D eigenvalue weighted by molar-refractivity contribution is -0.265. The first-order valence-corrected chi connectivity index (χ1v) is 25.4. The molecule has 1 amide bonds. The largest absolute Gasteiger partial charge is 0.460 e. The molecule has 4 rings (SSSR count). The van der Waals surface area contributed by atoms with E-state index in [1.54, 1.807) is 48.2 Å². The van der Waals surface area contributed by atoms with Crippen molar-refractivity contribution in [2.24, 2.45) is 35.5 Å². The van der Waals surface area contributed by atoms with E-state index in [1.165, 1.54) is 12.0 Å². The summed E-state index contributed by atoms with van der Waals surface area (Å²) in [5, 5.41) is 23.5. The molecule has 0 radical (unpaired) electrons. The number of hydrogen-bond acceptors (Lipinski definition) is 14. The maximum Gasteiger partial charge on any atom is 0.329 e. The Morgan fingerprint density at radius 3 is 2.25 bits per heavy atom. The minimum absolute atomic E-state index is 0.0197. The predicted octanol–water partition coefficient (Wildman–Crippen LogP) is 6.85. The highest BCUT2D eigenvalue weighted by Gasteiger charge is 2.53. The number of aliphatic hydroxyl groups is 2. The Labute approximate surface area is 411 Å². The van der Waals surface area contributed by atoms with Gasteiger partial charge in [-0.15, -0.1) is 0 Å². The van der Waals surface area contributed by atoms with Crippen molar-refractivity contribution in [2.45, 2.75) is 180 Å². The third kappa shape index (κ3) is 16.0. The zero-order valence-corrected chi connectivity index (χ0v) is 43.4. The van der Waals surface area contributed by atoms with E-state index in [4.69, 9.17) is 33.2 Å². The highest BCUT2D eigenvalue weighted by molar-refractivity contribution is 6.39. The van der Waals surface area contributed by atoms with Crippen LogP contribution in [0, 0.1) is 35.5 Å². The maximum absolute atomic E-state index is 14.5. The molecular weight excluding hydrogens is 887 g/mol. The molecule has 15 nitrogen and oxygen atoms in total. The van der Waals surface area contributed by atoms with Gasteiger partial charge in [0, 0.05) is 65.6 Å². The van der Waals surface area contributed by atoms with Crippen molar-refractivity contribution in [3.05, 3.63) is 47.6 Å². The molecule has 2 saturated heterocycles. The van der Waals surface area contributed by atoms with Crippen LogP contribution in [0.1, 0.15) is 126 Å². The highest BCUT2D eigenvalue weighted by atomic mass is 16.6. The van der Waals surface area contributed by atoms with E-state index in [-0.39, 0.29) is 60.9 Å². The molecule has 15 heteroatoms. The molecule has 0 aromatic rings. The van der Waals surface area contributed by atoms with Gasteiger partial charge in [-0.25, -0.2) is 4.79 Å². The van der Waals surface area contributed by atoms with Crippen LogP contribution in [0.4, 0.5) is 0 Å². The van der Waals surface area contributed by atoms with Crippen LogP contribution in [0.5, 0.6) is 0 Å². The van der Waals surface area contributed by atoms with Crippen molar-refractivity contribution in [1.29, 1.82) is 0 Å². The first-order valence-electron chi connectivity index (χ1n) is 25.4. The minimum atomic E-state index is -2.43. The van der Waals surface area contributed by atoms with Gasteiger partial charge < -0.3 is 48.3 Å². The summed E-state index contributed by atoms with van der Waals surface area (Å²) in [5.41, 5.74) is 1.28. The summed E-state index contributed by atoms with van der Waals surface area (Å²) in [4.78, 5) is 72.3. The number of nitrogens with zero attached hydrogens (tertiary/aromatic N) is 1. The third-order valence-electron chi connectivity index (χ3n) is 15.1. The van der Waals surface area contributed by atoms with Crippen molar-refractivity contribution in [2.75, 3.05) is 48.2 Å². The lowest BCUT2D eigenvalue weighted by Crippen LogP contribution is -2.61. The Morgan fingerprint density at radius 1 is 0.826 bits per heavy atom. The lowest BCUT2D eigenvalue weighted by atomic mass is 9.78. The van der Waals surface area contributed by atoms with Crippen molar-refractivity contribution >= 4 is 29.2 Å². The van der Waals surface area contributed by atoms with Crippen LogP contribution >= 0.6 is 0 Å². The van der Waals surface area contributed by atoms with Crippen LogP contribution in [0.3, 0.4) is 0 Å². The molecule has 3 heterocycles. The number of cyclic esters (lactones) is 1. The Kier molecular flexibility index (Phi) is 23.6. The molecule has 390 valence electrons. The van der Waals surface area contributed by atoms with E-state index in [9.17, 15) is 34.2 Å². The van der Waals surface area contributed by atoms with Crippen LogP contribution in [0.15, 0.2) is 47.6 Å². The van der Waals surface area contributed by atoms with Gasteiger partial charge in [-0.1, -0.05) is 71.1 Å². The van der Waals surface area contributed by atoms with Crippen molar-refractivity contribution in [3.63, 3.8) is 0 Å². The monoisotopic (exact) mass is 972 g/mol. The molecule has 0 aromatic heterocycles. The normalized spacial score (nSPS) is 38.8. The average molecular weight is 972 g/mol. The van der Waals surface area contributed by atoms with Gasteiger partial charge in [0.2, 0.25) is 5.79 Å². The first-order chi connectivity index (χ1) is 32.8. The number of fused-ring (bicyclic) bond motifs is 3. The third-order valence-corrected chi connectivity index (χ3v) is 15.1. The Balaban J connectivity index is 1.69. The molecule has 1 aliphatic carbocycles. The van der Waals surface area contributed by atoms with E-state index >= 15 is 0 Å². The molecule has 0 spiro atoms. The van der Waals surface area contributed by atoms with E-state index in [1.807, 2.05) is 58.1 Å². The number of esters is 1. The second kappa shape index (κ2) is 28.0. The summed E-state index contributed by atoms with van der Waals surface area (Å²) in [6, 6.07) is -1.14. The zero-order valence-electron chi connectivity index (χ0n) is 43.4. The number of ketones is 3. The molecule has 1 unspecified atom stereocenters. The van der Waals surface area contributed by atoms with E-state index in [0.717, 1.165) is 18.4 Å². The number of aliphatic hydroxyl groups excluding tert-OH is 1. The molecule has 15 atom stereocenters. The molecule has 0 aromatic carbocycles. The fraction of sp³-hybridized carbons (Fsp3) is 0.759. The fourth-order valence-corrected chi connectivity index (χ4v) is 10.6. The predicted molar refractivity (Wildman–Crippen MR) is 261 cm³/mol. The smallest absolute Gasteiger partial charge is 0.329 e. The number of allylic oxidation sites excluding steroid dienone is 6. The number of Topliss-reactive ketones (excluding diaryl/α,β-unsaturated/α-hetero) is 3. The maximum atomic E-state index is 14.5. The Hall–Kier alpha value is -3.41. The van der Waals surface area contributed by atoms with Gasteiger partial charge in [0.05, 0.1) is 37.6 Å². The number of carbonyl (C=O) groups is 5. The number of amides is 1. The van der Waals surface area contributed by atoms with Crippen LogP contribution in [-0.2, 0) is 57.1 Å². The second-order valence-corrected chi connectivity index (χ2v) is 20.4. The molecule has 3 aliphatic heterocycles. The van der Waals surface area contributed by atoms with Gasteiger partial charge in [0.25, 0.3) is 11.7 Å². The minimum Gasteiger partial charge on any atom is -0.460 e. The zero-order chi connectivity index (χ0) is 51.0. The van der Waals surface area contributed by atoms with Gasteiger partial charge in [-0.05, 0) is 107 Å². The molecular formula is C54H85NO14. The van der Waals surface area contributed by atoms with Crippen LogP contribution in [0.25, 0.3) is 0 Å². The SMILES string of the molecule is COCCO[C@@H]1CC[C@@H](C[C@H](C)C2CC(=O)[C@H](C)/C=C(\C)[C@@H](O)[C@@H](OC)C(=O)[C@@H](C)C[C@@H](C)/C=C/C=C/C=C(\C)[C@@H](OC)C[C@H]3CC[C@H](C)[C@](O)(O3)C(=O)C(=O)N3CCCC[C@@H]3C(=O)O2)C[C@H]1OC. The molecule has 69 heavy (non-hydrogen) atoms. The number of rotatable bonds is 10. The standard InChI is InChI=1S/C54H85NO14/c1-33-17-13-12-14-18-34(2)45(64-9)31-41-22-20-39(7)54(62,69-41)51(59)52(60)55-24-16-15-19-42(55)53(61)68-46(36(4)29-40-21-23-44(47(30-40)65-10)67-26-25-63-8)32-43(56)35(3)28-38(6)49(58)50(66-11)48(57)37(5)27-33/h12-14,17-18,28,33,35-37,39-42,44-47,49-50,58,62H,15-16,19-27,29-32H2,1-11H3/b14-12+,17-13+,34-18+,38-28+/t33-,35+,36-,37-,39-,40-,41+,42+,44+,45-,46?,47+,49+,50-,54-/m0/s1. The van der Waals surface area contributed by atoms with E-state index in [0.29, 0.717) is 70.2 Å².